The third kappa shape index (κ3) is 1.97. The van der Waals surface area contributed by atoms with E-state index in [4.69, 9.17) is 5.73 Å². The van der Waals surface area contributed by atoms with Gasteiger partial charge in [0.25, 0.3) is 0 Å². The van der Waals surface area contributed by atoms with E-state index in [0.717, 1.165) is 23.7 Å². The second-order valence-electron chi connectivity index (χ2n) is 3.46. The molecule has 2 heterocycles. The summed E-state index contributed by atoms with van der Waals surface area (Å²) < 4.78 is 1.77. The van der Waals surface area contributed by atoms with Crippen LogP contribution in [0.3, 0.4) is 0 Å². The molecule has 2 rings (SSSR count). The number of hydrogen-bond donors (Lipinski definition) is 2. The van der Waals surface area contributed by atoms with Crippen molar-refractivity contribution in [2.24, 2.45) is 7.05 Å². The highest BCUT2D eigenvalue weighted by molar-refractivity contribution is 7.07. The highest BCUT2D eigenvalue weighted by Gasteiger charge is 2.08. The maximum absolute atomic E-state index is 5.90. The van der Waals surface area contributed by atoms with E-state index in [-0.39, 0.29) is 0 Å². The van der Waals surface area contributed by atoms with E-state index in [1.165, 1.54) is 5.56 Å². The van der Waals surface area contributed by atoms with Gasteiger partial charge in [0.1, 0.15) is 5.82 Å². The molecule has 0 atom stereocenters. The van der Waals surface area contributed by atoms with Crippen molar-refractivity contribution >= 4 is 22.8 Å². The SMILES string of the molecule is Cc1nn(C)c(NCc2ccsc2)c1N. The van der Waals surface area contributed by atoms with Gasteiger partial charge in [0.05, 0.1) is 11.4 Å². The van der Waals surface area contributed by atoms with Gasteiger partial charge in [0, 0.05) is 13.6 Å². The van der Waals surface area contributed by atoms with E-state index >= 15 is 0 Å². The first kappa shape index (κ1) is 10.0. The van der Waals surface area contributed by atoms with Crippen molar-refractivity contribution in [3.05, 3.63) is 28.1 Å². The van der Waals surface area contributed by atoms with Crippen molar-refractivity contribution in [1.82, 2.24) is 9.78 Å². The van der Waals surface area contributed by atoms with E-state index in [1.807, 2.05) is 14.0 Å². The lowest BCUT2D eigenvalue weighted by Crippen LogP contribution is -2.05. The Morgan fingerprint density at radius 2 is 2.40 bits per heavy atom. The molecule has 4 nitrogen and oxygen atoms in total. The summed E-state index contributed by atoms with van der Waals surface area (Å²) in [5, 5.41) is 11.7. The molecule has 0 aliphatic rings. The van der Waals surface area contributed by atoms with Crippen molar-refractivity contribution in [3.8, 4) is 0 Å². The Labute approximate surface area is 92.7 Å². The zero-order valence-electron chi connectivity index (χ0n) is 8.82. The normalized spacial score (nSPS) is 10.5. The maximum Gasteiger partial charge on any atom is 0.148 e. The van der Waals surface area contributed by atoms with E-state index in [1.54, 1.807) is 16.0 Å². The fourth-order valence-electron chi connectivity index (χ4n) is 1.46. The Hall–Kier alpha value is -1.49. The molecule has 15 heavy (non-hydrogen) atoms. The van der Waals surface area contributed by atoms with E-state index < -0.39 is 0 Å². The average Bonchev–Trinajstić information content (AvgIpc) is 2.76. The number of nitrogens with one attached hydrogen (secondary N) is 1. The quantitative estimate of drug-likeness (QED) is 0.835. The van der Waals surface area contributed by atoms with Crippen LogP contribution in [0.2, 0.25) is 0 Å². The number of nitrogens with two attached hydrogens (primary N) is 1. The van der Waals surface area contributed by atoms with Crippen molar-refractivity contribution in [2.45, 2.75) is 13.5 Å². The summed E-state index contributed by atoms with van der Waals surface area (Å²) in [6, 6.07) is 2.09. The summed E-state index contributed by atoms with van der Waals surface area (Å²) >= 11 is 1.69. The number of aryl methyl sites for hydroxylation is 2. The van der Waals surface area contributed by atoms with E-state index in [9.17, 15) is 0 Å². The average molecular weight is 222 g/mol. The summed E-state index contributed by atoms with van der Waals surface area (Å²) in [7, 11) is 1.89. The molecule has 0 unspecified atom stereocenters. The number of aromatic nitrogens is 2. The molecule has 0 bridgehead atoms. The lowest BCUT2D eigenvalue weighted by Gasteiger charge is -2.06. The fraction of sp³-hybridized carbons (Fsp3) is 0.300. The number of hydrogen-bond acceptors (Lipinski definition) is 4. The molecule has 0 radical (unpaired) electrons. The predicted molar refractivity (Wildman–Crippen MR) is 64.0 cm³/mol. The highest BCUT2D eigenvalue weighted by atomic mass is 32.1. The molecule has 0 saturated carbocycles. The van der Waals surface area contributed by atoms with E-state index in [2.05, 4.69) is 27.2 Å². The molecule has 0 aliphatic carbocycles. The molecule has 0 saturated heterocycles. The summed E-state index contributed by atoms with van der Waals surface area (Å²) in [5.74, 6) is 0.888. The van der Waals surface area contributed by atoms with Crippen LogP contribution >= 0.6 is 11.3 Å². The number of nitrogens with zero attached hydrogens (tertiary/aromatic N) is 2. The number of rotatable bonds is 3. The molecule has 3 N–H and O–H groups in total. The molecule has 5 heteroatoms. The molecule has 0 fully saturated rings. The van der Waals surface area contributed by atoms with Crippen LogP contribution in [-0.2, 0) is 13.6 Å². The zero-order chi connectivity index (χ0) is 10.8. The minimum absolute atomic E-state index is 0.729. The standard InChI is InChI=1S/C10H14N4S/c1-7-9(11)10(14(2)13-7)12-5-8-3-4-15-6-8/h3-4,6,12H,5,11H2,1-2H3. The van der Waals surface area contributed by atoms with Crippen LogP contribution in [0.15, 0.2) is 16.8 Å². The summed E-state index contributed by atoms with van der Waals surface area (Å²) in [4.78, 5) is 0. The largest absolute Gasteiger partial charge is 0.394 e. The van der Waals surface area contributed by atoms with Gasteiger partial charge in [0.15, 0.2) is 0 Å². The predicted octanol–water partition coefficient (Wildman–Crippen LogP) is 1.98. The van der Waals surface area contributed by atoms with Gasteiger partial charge < -0.3 is 11.1 Å². The number of nitrogen functional groups attached to an aromatic ring is 1. The van der Waals surface area contributed by atoms with Gasteiger partial charge in [-0.1, -0.05) is 0 Å². The van der Waals surface area contributed by atoms with Gasteiger partial charge >= 0.3 is 0 Å². The van der Waals surface area contributed by atoms with Crippen molar-refractivity contribution in [1.29, 1.82) is 0 Å². The lowest BCUT2D eigenvalue weighted by molar-refractivity contribution is 0.758. The first-order chi connectivity index (χ1) is 7.18. The molecular weight excluding hydrogens is 208 g/mol. The Kier molecular flexibility index (Phi) is 2.64. The topological polar surface area (TPSA) is 55.9 Å². The number of thiophene rings is 1. The van der Waals surface area contributed by atoms with Crippen LogP contribution < -0.4 is 11.1 Å². The Balaban J connectivity index is 2.11. The monoisotopic (exact) mass is 222 g/mol. The maximum atomic E-state index is 5.90. The molecule has 0 aliphatic heterocycles. The van der Waals surface area contributed by atoms with Crippen LogP contribution in [0.25, 0.3) is 0 Å². The van der Waals surface area contributed by atoms with Crippen LogP contribution in [-0.4, -0.2) is 9.78 Å². The lowest BCUT2D eigenvalue weighted by atomic mass is 10.3. The molecule has 0 spiro atoms. The second-order valence-corrected chi connectivity index (χ2v) is 4.24. The summed E-state index contributed by atoms with van der Waals surface area (Å²) in [6.07, 6.45) is 0. The Bertz CT molecular complexity index is 444. The molecule has 0 amide bonds. The van der Waals surface area contributed by atoms with Gasteiger partial charge in [-0.25, -0.2) is 0 Å². The molecule has 0 aromatic carbocycles. The first-order valence-electron chi connectivity index (χ1n) is 4.72. The fourth-order valence-corrected chi connectivity index (χ4v) is 2.13. The van der Waals surface area contributed by atoms with Crippen molar-refractivity contribution < 1.29 is 0 Å². The van der Waals surface area contributed by atoms with Gasteiger partial charge in [-0.3, -0.25) is 4.68 Å². The smallest absolute Gasteiger partial charge is 0.148 e. The molecular formula is C10H14N4S. The van der Waals surface area contributed by atoms with E-state index in [0.29, 0.717) is 0 Å². The molecule has 80 valence electrons. The van der Waals surface area contributed by atoms with Gasteiger partial charge in [-0.2, -0.15) is 16.4 Å². The Morgan fingerprint density at radius 3 is 2.93 bits per heavy atom. The van der Waals surface area contributed by atoms with Gasteiger partial charge in [-0.05, 0) is 29.3 Å². The third-order valence-electron chi connectivity index (χ3n) is 2.31. The minimum Gasteiger partial charge on any atom is -0.394 e. The van der Waals surface area contributed by atoms with Crippen molar-refractivity contribution in [3.63, 3.8) is 0 Å². The van der Waals surface area contributed by atoms with Crippen LogP contribution in [0.5, 0.6) is 0 Å². The summed E-state index contributed by atoms with van der Waals surface area (Å²) in [6.45, 7) is 2.69. The van der Waals surface area contributed by atoms with Gasteiger partial charge in [-0.15, -0.1) is 0 Å². The first-order valence-corrected chi connectivity index (χ1v) is 5.67. The van der Waals surface area contributed by atoms with Crippen LogP contribution in [0, 0.1) is 6.92 Å². The van der Waals surface area contributed by atoms with Crippen LogP contribution in [0.4, 0.5) is 11.5 Å². The molecule has 2 aromatic heterocycles. The number of anilines is 2. The third-order valence-corrected chi connectivity index (χ3v) is 3.04. The summed E-state index contributed by atoms with van der Waals surface area (Å²) in [5.41, 5.74) is 8.76. The molecule has 2 aromatic rings. The van der Waals surface area contributed by atoms with Crippen LogP contribution in [0.1, 0.15) is 11.3 Å². The van der Waals surface area contributed by atoms with Gasteiger partial charge in [0.2, 0.25) is 0 Å². The zero-order valence-corrected chi connectivity index (χ0v) is 9.64. The minimum atomic E-state index is 0.729. The van der Waals surface area contributed by atoms with Crippen molar-refractivity contribution in [2.75, 3.05) is 11.1 Å². The second kappa shape index (κ2) is 3.94. The highest BCUT2D eigenvalue weighted by Crippen LogP contribution is 2.21. The Morgan fingerprint density at radius 1 is 1.60 bits per heavy atom.